The van der Waals surface area contributed by atoms with Gasteiger partial charge in [-0.05, 0) is 6.42 Å². The van der Waals surface area contributed by atoms with E-state index < -0.39 is 5.97 Å². The first-order chi connectivity index (χ1) is 7.25. The van der Waals surface area contributed by atoms with Crippen molar-refractivity contribution in [3.8, 4) is 0 Å². The van der Waals surface area contributed by atoms with E-state index in [9.17, 15) is 9.90 Å². The van der Waals surface area contributed by atoms with Crippen LogP contribution >= 0.6 is 0 Å². The second kappa shape index (κ2) is 6.08. The third kappa shape index (κ3) is 4.51. The minimum Gasteiger partial charge on any atom is -0.545 e. The Balaban J connectivity index is 0.000000319. The molecule has 2 heterocycles. The smallest absolute Gasteiger partial charge is 0.115 e. The van der Waals surface area contributed by atoms with Crippen molar-refractivity contribution < 1.29 is 14.6 Å². The molecule has 0 unspecified atom stereocenters. The van der Waals surface area contributed by atoms with E-state index >= 15 is 0 Å². The van der Waals surface area contributed by atoms with Crippen LogP contribution < -0.4 is 5.11 Å². The van der Waals surface area contributed by atoms with Gasteiger partial charge in [0.05, 0.1) is 24.9 Å². The third-order valence-corrected chi connectivity index (χ3v) is 1.71. The molecule has 1 aliphatic rings. The molecule has 0 N–H and O–H groups in total. The van der Waals surface area contributed by atoms with Gasteiger partial charge in [-0.2, -0.15) is 0 Å². The highest BCUT2D eigenvalue weighted by molar-refractivity contribution is 5.86. The Kier molecular flexibility index (Phi) is 4.70. The molecule has 0 atom stereocenters. The molecule has 1 saturated heterocycles. The van der Waals surface area contributed by atoms with Gasteiger partial charge in [-0.3, -0.25) is 0 Å². The Labute approximate surface area is 88.1 Å². The molecule has 0 radical (unpaired) electrons. The zero-order chi connectivity index (χ0) is 11.1. The fourth-order valence-electron chi connectivity index (χ4n) is 0.961. The van der Waals surface area contributed by atoms with Crippen molar-refractivity contribution >= 4 is 5.97 Å². The number of rotatable bonds is 3. The van der Waals surface area contributed by atoms with Gasteiger partial charge >= 0.3 is 0 Å². The van der Waals surface area contributed by atoms with Crippen molar-refractivity contribution in [3.63, 3.8) is 0 Å². The molecule has 0 bridgehead atoms. The molecule has 1 aromatic heterocycles. The van der Waals surface area contributed by atoms with Crippen molar-refractivity contribution in [1.29, 1.82) is 0 Å². The summed E-state index contributed by atoms with van der Waals surface area (Å²) < 4.78 is 4.50. The summed E-state index contributed by atoms with van der Waals surface area (Å²) >= 11 is 0. The maximum Gasteiger partial charge on any atom is 0.115 e. The molecule has 1 aliphatic heterocycles. The molecule has 1 fully saturated rings. The van der Waals surface area contributed by atoms with E-state index in [4.69, 9.17) is 0 Å². The molecule has 0 spiro atoms. The van der Waals surface area contributed by atoms with E-state index in [1.807, 2.05) is 6.92 Å². The monoisotopic (exact) mass is 209 g/mol. The normalized spacial score (nSPS) is 12.6. The summed E-state index contributed by atoms with van der Waals surface area (Å²) in [5.74, 6) is -1.21. The third-order valence-electron chi connectivity index (χ3n) is 1.71. The van der Waals surface area contributed by atoms with Crippen LogP contribution in [0.4, 0.5) is 0 Å². The summed E-state index contributed by atoms with van der Waals surface area (Å²) in [5, 5.41) is 10.5. The van der Waals surface area contributed by atoms with Crippen LogP contribution in [0.25, 0.3) is 0 Å². The zero-order valence-corrected chi connectivity index (χ0v) is 8.60. The summed E-state index contributed by atoms with van der Waals surface area (Å²) in [7, 11) is 0. The molecule has 2 rings (SSSR count). The summed E-state index contributed by atoms with van der Waals surface area (Å²) in [6.07, 6.45) is 4.12. The molecule has 15 heavy (non-hydrogen) atoms. The van der Waals surface area contributed by atoms with E-state index in [1.54, 1.807) is 0 Å². The SMILES string of the molecule is C1CO1.CCCc1ncncc1C(=O)[O-]. The molecule has 0 aromatic carbocycles. The van der Waals surface area contributed by atoms with Gasteiger partial charge in [-0.15, -0.1) is 0 Å². The molecular weight excluding hydrogens is 196 g/mol. The van der Waals surface area contributed by atoms with Gasteiger partial charge in [0.15, 0.2) is 0 Å². The van der Waals surface area contributed by atoms with Crippen LogP contribution in [0.15, 0.2) is 12.5 Å². The van der Waals surface area contributed by atoms with Crippen molar-refractivity contribution in [1.82, 2.24) is 9.97 Å². The second-order valence-corrected chi connectivity index (χ2v) is 3.03. The second-order valence-electron chi connectivity index (χ2n) is 3.03. The number of ether oxygens (including phenoxy) is 1. The largest absolute Gasteiger partial charge is 0.545 e. The van der Waals surface area contributed by atoms with Crippen molar-refractivity contribution in [2.45, 2.75) is 19.8 Å². The fraction of sp³-hybridized carbons (Fsp3) is 0.500. The predicted molar refractivity (Wildman–Crippen MR) is 51.2 cm³/mol. The van der Waals surface area contributed by atoms with E-state index in [0.29, 0.717) is 12.1 Å². The van der Waals surface area contributed by atoms with Crippen LogP contribution in [0.1, 0.15) is 29.4 Å². The highest BCUT2D eigenvalue weighted by Gasteiger charge is 2.02. The fourth-order valence-corrected chi connectivity index (χ4v) is 0.961. The number of epoxide rings is 1. The van der Waals surface area contributed by atoms with E-state index in [2.05, 4.69) is 14.7 Å². The number of aryl methyl sites for hydroxylation is 1. The molecule has 82 valence electrons. The van der Waals surface area contributed by atoms with Gasteiger partial charge in [-0.1, -0.05) is 13.3 Å². The minimum atomic E-state index is -1.21. The number of aromatic nitrogens is 2. The first kappa shape index (κ1) is 11.6. The van der Waals surface area contributed by atoms with Crippen molar-refractivity contribution in [2.24, 2.45) is 0 Å². The first-order valence-corrected chi connectivity index (χ1v) is 4.83. The Morgan fingerprint density at radius 3 is 2.73 bits per heavy atom. The average molecular weight is 209 g/mol. The van der Waals surface area contributed by atoms with Gasteiger partial charge in [-0.25, -0.2) is 9.97 Å². The molecule has 0 aliphatic carbocycles. The molecule has 5 nitrogen and oxygen atoms in total. The first-order valence-electron chi connectivity index (χ1n) is 4.83. The number of carboxylic acids is 1. The topological polar surface area (TPSA) is 78.4 Å². The van der Waals surface area contributed by atoms with Crippen LogP contribution in [0, 0.1) is 0 Å². The van der Waals surface area contributed by atoms with Crippen molar-refractivity contribution in [3.05, 3.63) is 23.8 Å². The van der Waals surface area contributed by atoms with E-state index in [0.717, 1.165) is 19.6 Å². The number of hydrogen-bond acceptors (Lipinski definition) is 5. The minimum absolute atomic E-state index is 0.0966. The predicted octanol–water partition coefficient (Wildman–Crippen LogP) is -0.191. The van der Waals surface area contributed by atoms with Gasteiger partial charge in [0.2, 0.25) is 0 Å². The number of aromatic carboxylic acids is 1. The van der Waals surface area contributed by atoms with Gasteiger partial charge < -0.3 is 14.6 Å². The summed E-state index contributed by atoms with van der Waals surface area (Å²) in [6.45, 7) is 3.96. The average Bonchev–Trinajstić information content (AvgIpc) is 3.05. The maximum atomic E-state index is 10.5. The Hall–Kier alpha value is -1.49. The Bertz CT molecular complexity index is 323. The van der Waals surface area contributed by atoms with E-state index in [-0.39, 0.29) is 5.56 Å². The van der Waals surface area contributed by atoms with E-state index in [1.165, 1.54) is 12.5 Å². The quantitative estimate of drug-likeness (QED) is 0.645. The van der Waals surface area contributed by atoms with Crippen LogP contribution in [0.5, 0.6) is 0 Å². The standard InChI is InChI=1S/C8H10N2O2.C2H4O/c1-2-3-7-6(8(11)12)4-9-5-10-7;1-2-3-1/h4-5H,2-3H2,1H3,(H,11,12);1-2H2/p-1. The Morgan fingerprint density at radius 2 is 2.27 bits per heavy atom. The molecule has 5 heteroatoms. The maximum absolute atomic E-state index is 10.5. The van der Waals surface area contributed by atoms with Crippen LogP contribution in [-0.2, 0) is 11.2 Å². The highest BCUT2D eigenvalue weighted by atomic mass is 16.6. The van der Waals surface area contributed by atoms with Gasteiger partial charge in [0, 0.05) is 11.8 Å². The number of carbonyl (C=O) groups is 1. The number of carboxylic acid groups (broad SMARTS) is 1. The zero-order valence-electron chi connectivity index (χ0n) is 8.60. The molecular formula is C10H13N2O3-. The molecule has 0 amide bonds. The van der Waals surface area contributed by atoms with Crippen LogP contribution in [0.2, 0.25) is 0 Å². The van der Waals surface area contributed by atoms with Gasteiger partial charge in [0.1, 0.15) is 6.33 Å². The molecule has 1 aromatic rings. The van der Waals surface area contributed by atoms with Crippen LogP contribution in [0.3, 0.4) is 0 Å². The number of hydrogen-bond donors (Lipinski definition) is 0. The summed E-state index contributed by atoms with van der Waals surface area (Å²) in [6, 6.07) is 0. The van der Waals surface area contributed by atoms with Gasteiger partial charge in [0.25, 0.3) is 0 Å². The number of nitrogens with zero attached hydrogens (tertiary/aromatic N) is 2. The lowest BCUT2D eigenvalue weighted by molar-refractivity contribution is -0.255. The molecule has 0 saturated carbocycles. The lowest BCUT2D eigenvalue weighted by Crippen LogP contribution is -2.24. The van der Waals surface area contributed by atoms with Crippen molar-refractivity contribution in [2.75, 3.05) is 13.2 Å². The lowest BCUT2D eigenvalue weighted by Gasteiger charge is -2.06. The summed E-state index contributed by atoms with van der Waals surface area (Å²) in [5.41, 5.74) is 0.645. The van der Waals surface area contributed by atoms with Crippen LogP contribution in [-0.4, -0.2) is 29.2 Å². The lowest BCUT2D eigenvalue weighted by atomic mass is 10.1. The Morgan fingerprint density at radius 1 is 1.60 bits per heavy atom. The summed E-state index contributed by atoms with van der Waals surface area (Å²) in [4.78, 5) is 18.0. The number of carbonyl (C=O) groups excluding carboxylic acids is 1. The highest BCUT2D eigenvalue weighted by Crippen LogP contribution is 2.04.